The van der Waals surface area contributed by atoms with Crippen molar-refractivity contribution in [3.8, 4) is 0 Å². The molecule has 30 heavy (non-hydrogen) atoms. The van der Waals surface area contributed by atoms with E-state index in [4.69, 9.17) is 4.42 Å². The SMILES string of the molecule is O=C(CN(c1ccc(I)cc1)S(=O)(=O)c1ccccc1)NCCSCc1ccco1. The smallest absolute Gasteiger partial charge is 0.264 e. The van der Waals surface area contributed by atoms with Gasteiger partial charge >= 0.3 is 0 Å². The monoisotopic (exact) mass is 556 g/mol. The number of nitrogens with zero attached hydrogens (tertiary/aromatic N) is 1. The minimum absolute atomic E-state index is 0.144. The lowest BCUT2D eigenvalue weighted by Gasteiger charge is -2.24. The van der Waals surface area contributed by atoms with Crippen molar-refractivity contribution >= 4 is 56.0 Å². The van der Waals surface area contributed by atoms with E-state index in [1.807, 2.05) is 24.3 Å². The normalized spacial score (nSPS) is 11.2. The number of rotatable bonds is 10. The minimum Gasteiger partial charge on any atom is -0.468 e. The zero-order chi connectivity index (χ0) is 21.4. The van der Waals surface area contributed by atoms with Crippen LogP contribution in [0, 0.1) is 3.57 Å². The molecule has 6 nitrogen and oxygen atoms in total. The second-order valence-corrected chi connectivity index (χ2v) is 10.5. The highest BCUT2D eigenvalue weighted by atomic mass is 127. The van der Waals surface area contributed by atoms with Crippen LogP contribution in [-0.4, -0.2) is 33.2 Å². The Morgan fingerprint density at radius 2 is 1.77 bits per heavy atom. The fourth-order valence-electron chi connectivity index (χ4n) is 2.66. The number of hydrogen-bond acceptors (Lipinski definition) is 5. The zero-order valence-corrected chi connectivity index (χ0v) is 19.8. The predicted molar refractivity (Wildman–Crippen MR) is 128 cm³/mol. The molecule has 9 heteroatoms. The van der Waals surface area contributed by atoms with Crippen LogP contribution in [0.5, 0.6) is 0 Å². The lowest BCUT2D eigenvalue weighted by molar-refractivity contribution is -0.119. The number of thioether (sulfide) groups is 1. The maximum absolute atomic E-state index is 13.2. The Labute approximate surface area is 194 Å². The first-order valence-electron chi connectivity index (χ1n) is 9.17. The number of carbonyl (C=O) groups excluding carboxylic acids is 1. The first kappa shape index (κ1) is 22.7. The molecular weight excluding hydrogens is 535 g/mol. The van der Waals surface area contributed by atoms with E-state index in [0.717, 1.165) is 19.4 Å². The van der Waals surface area contributed by atoms with Crippen LogP contribution in [0.1, 0.15) is 5.76 Å². The van der Waals surface area contributed by atoms with Crippen LogP contribution in [0.15, 0.2) is 82.3 Å². The standard InChI is InChI=1S/C21H21IN2O4S2/c22-17-8-10-18(11-9-17)24(30(26,27)20-6-2-1-3-7-20)15-21(25)23-12-14-29-16-19-5-4-13-28-19/h1-11,13H,12,14-16H2,(H,23,25). The summed E-state index contributed by atoms with van der Waals surface area (Å²) < 4.78 is 33.8. The summed E-state index contributed by atoms with van der Waals surface area (Å²) in [6.07, 6.45) is 1.63. The quantitative estimate of drug-likeness (QED) is 0.300. The third-order valence-electron chi connectivity index (χ3n) is 4.13. The van der Waals surface area contributed by atoms with Gasteiger partial charge in [-0.1, -0.05) is 18.2 Å². The second-order valence-electron chi connectivity index (χ2n) is 6.28. The van der Waals surface area contributed by atoms with Crippen LogP contribution in [-0.2, 0) is 20.6 Å². The molecule has 3 rings (SSSR count). The summed E-state index contributed by atoms with van der Waals surface area (Å²) in [5.41, 5.74) is 0.446. The molecule has 1 heterocycles. The molecule has 0 aliphatic heterocycles. The van der Waals surface area contributed by atoms with E-state index in [-0.39, 0.29) is 17.3 Å². The van der Waals surface area contributed by atoms with E-state index >= 15 is 0 Å². The van der Waals surface area contributed by atoms with Crippen molar-refractivity contribution in [3.63, 3.8) is 0 Å². The Kier molecular flexibility index (Phi) is 8.23. The molecule has 2 aromatic carbocycles. The Bertz CT molecular complexity index is 1040. The summed E-state index contributed by atoms with van der Waals surface area (Å²) >= 11 is 3.78. The van der Waals surface area contributed by atoms with Crippen LogP contribution in [0.3, 0.4) is 0 Å². The molecule has 0 atom stereocenters. The van der Waals surface area contributed by atoms with Crippen molar-refractivity contribution in [1.29, 1.82) is 0 Å². The molecule has 0 radical (unpaired) electrons. The summed E-state index contributed by atoms with van der Waals surface area (Å²) in [5, 5.41) is 2.80. The van der Waals surface area contributed by atoms with Gasteiger partial charge in [-0.05, 0) is 71.1 Å². The highest BCUT2D eigenvalue weighted by Crippen LogP contribution is 2.24. The number of hydrogen-bond donors (Lipinski definition) is 1. The summed E-state index contributed by atoms with van der Waals surface area (Å²) in [6, 6.07) is 18.9. The molecule has 0 saturated carbocycles. The average Bonchev–Trinajstić information content (AvgIpc) is 3.27. The Balaban J connectivity index is 1.65. The van der Waals surface area contributed by atoms with Gasteiger partial charge in [0.25, 0.3) is 10.0 Å². The molecule has 0 saturated heterocycles. The van der Waals surface area contributed by atoms with E-state index in [2.05, 4.69) is 27.9 Å². The van der Waals surface area contributed by atoms with Crippen LogP contribution < -0.4 is 9.62 Å². The lowest BCUT2D eigenvalue weighted by atomic mass is 10.3. The molecule has 1 aromatic heterocycles. The van der Waals surface area contributed by atoms with E-state index in [9.17, 15) is 13.2 Å². The van der Waals surface area contributed by atoms with Gasteiger partial charge in [-0.3, -0.25) is 9.10 Å². The fourth-order valence-corrected chi connectivity index (χ4v) is 5.22. The summed E-state index contributed by atoms with van der Waals surface area (Å²) in [6.45, 7) is 0.150. The predicted octanol–water partition coefficient (Wildman–Crippen LogP) is 4.13. The Morgan fingerprint density at radius 3 is 2.43 bits per heavy atom. The molecule has 3 aromatic rings. The van der Waals surface area contributed by atoms with Gasteiger partial charge in [0.15, 0.2) is 0 Å². The number of anilines is 1. The number of benzene rings is 2. The molecular formula is C21H21IN2O4S2. The van der Waals surface area contributed by atoms with Gasteiger partial charge in [-0.15, -0.1) is 0 Å². The molecule has 0 fully saturated rings. The van der Waals surface area contributed by atoms with Gasteiger partial charge in [0, 0.05) is 15.9 Å². The third kappa shape index (κ3) is 6.26. The number of sulfonamides is 1. The molecule has 0 aliphatic rings. The zero-order valence-electron chi connectivity index (χ0n) is 16.0. The molecule has 0 aliphatic carbocycles. The van der Waals surface area contributed by atoms with E-state index in [1.165, 1.54) is 12.1 Å². The molecule has 1 amide bonds. The first-order valence-corrected chi connectivity index (χ1v) is 12.8. The second kappa shape index (κ2) is 10.9. The Hall–Kier alpha value is -1.98. The van der Waals surface area contributed by atoms with Crippen LogP contribution in [0.4, 0.5) is 5.69 Å². The molecule has 0 bridgehead atoms. The third-order valence-corrected chi connectivity index (χ3v) is 7.61. The largest absolute Gasteiger partial charge is 0.468 e. The van der Waals surface area contributed by atoms with Crippen LogP contribution in [0.2, 0.25) is 0 Å². The van der Waals surface area contributed by atoms with Gasteiger partial charge in [-0.25, -0.2) is 8.42 Å². The maximum atomic E-state index is 13.2. The molecule has 1 N–H and O–H groups in total. The van der Waals surface area contributed by atoms with Crippen molar-refractivity contribution in [3.05, 3.63) is 82.3 Å². The van der Waals surface area contributed by atoms with Gasteiger partial charge in [-0.2, -0.15) is 11.8 Å². The highest BCUT2D eigenvalue weighted by molar-refractivity contribution is 14.1. The van der Waals surface area contributed by atoms with Crippen molar-refractivity contribution < 1.29 is 17.6 Å². The number of halogens is 1. The van der Waals surface area contributed by atoms with Gasteiger partial charge in [0.05, 0.1) is 22.6 Å². The van der Waals surface area contributed by atoms with E-state index in [0.29, 0.717) is 18.0 Å². The fraction of sp³-hybridized carbons (Fsp3) is 0.190. The van der Waals surface area contributed by atoms with Gasteiger partial charge in [0.1, 0.15) is 12.3 Å². The van der Waals surface area contributed by atoms with E-state index in [1.54, 1.807) is 48.4 Å². The van der Waals surface area contributed by atoms with Crippen molar-refractivity contribution in [2.24, 2.45) is 0 Å². The summed E-state index contributed by atoms with van der Waals surface area (Å²) in [5.74, 6) is 1.94. The van der Waals surface area contributed by atoms with E-state index < -0.39 is 10.0 Å². The van der Waals surface area contributed by atoms with Crippen LogP contribution in [0.25, 0.3) is 0 Å². The molecule has 0 spiro atoms. The summed E-state index contributed by atoms with van der Waals surface area (Å²) in [4.78, 5) is 12.7. The average molecular weight is 556 g/mol. The molecule has 0 unspecified atom stereocenters. The van der Waals surface area contributed by atoms with Crippen molar-refractivity contribution in [2.75, 3.05) is 23.1 Å². The Morgan fingerprint density at radius 1 is 1.03 bits per heavy atom. The number of furan rings is 1. The van der Waals surface area contributed by atoms with Gasteiger partial charge in [0.2, 0.25) is 5.91 Å². The number of carbonyl (C=O) groups is 1. The first-order chi connectivity index (χ1) is 14.5. The highest BCUT2D eigenvalue weighted by Gasteiger charge is 2.26. The summed E-state index contributed by atoms with van der Waals surface area (Å²) in [7, 11) is -3.87. The topological polar surface area (TPSA) is 79.6 Å². The molecule has 158 valence electrons. The van der Waals surface area contributed by atoms with Crippen molar-refractivity contribution in [2.45, 2.75) is 10.6 Å². The van der Waals surface area contributed by atoms with Crippen LogP contribution >= 0.6 is 34.4 Å². The number of nitrogens with one attached hydrogen (secondary N) is 1. The lowest BCUT2D eigenvalue weighted by Crippen LogP contribution is -2.41. The maximum Gasteiger partial charge on any atom is 0.264 e. The van der Waals surface area contributed by atoms with Gasteiger partial charge < -0.3 is 9.73 Å². The minimum atomic E-state index is -3.87. The van der Waals surface area contributed by atoms with Crippen molar-refractivity contribution in [1.82, 2.24) is 5.32 Å². The number of amides is 1.